The van der Waals surface area contributed by atoms with Crippen molar-refractivity contribution >= 4 is 10.0 Å². The van der Waals surface area contributed by atoms with Crippen molar-refractivity contribution in [1.29, 1.82) is 0 Å². The third kappa shape index (κ3) is 7.69. The molecule has 0 bridgehead atoms. The summed E-state index contributed by atoms with van der Waals surface area (Å²) in [5.41, 5.74) is 2.58. The van der Waals surface area contributed by atoms with Crippen LogP contribution in [0.3, 0.4) is 0 Å². The molecule has 1 aromatic rings. The van der Waals surface area contributed by atoms with E-state index in [2.05, 4.69) is 27.8 Å². The highest BCUT2D eigenvalue weighted by Gasteiger charge is 2.28. The van der Waals surface area contributed by atoms with Gasteiger partial charge in [0.25, 0.3) is 0 Å². The zero-order valence-corrected chi connectivity index (χ0v) is 26.4. The van der Waals surface area contributed by atoms with E-state index >= 15 is 0 Å². The number of fused-ring (bicyclic) bond motifs is 1. The smallest absolute Gasteiger partial charge is 0.242 e. The Balaban J connectivity index is 1.04. The van der Waals surface area contributed by atoms with Crippen LogP contribution < -0.4 is 0 Å². The number of hydrogen-bond acceptors (Lipinski definition) is 5. The monoisotopic (exact) mass is 572 g/mol. The minimum atomic E-state index is -3.45. The third-order valence-electron chi connectivity index (χ3n) is 10.8. The lowest BCUT2D eigenvalue weighted by Gasteiger charge is -2.41. The Labute approximate surface area is 245 Å². The van der Waals surface area contributed by atoms with Gasteiger partial charge >= 0.3 is 0 Å². The van der Waals surface area contributed by atoms with Crippen molar-refractivity contribution in [3.05, 3.63) is 29.3 Å². The largest absolute Gasteiger partial charge is 0.303 e. The lowest BCUT2D eigenvalue weighted by molar-refractivity contribution is 0.0794. The summed E-state index contributed by atoms with van der Waals surface area (Å²) in [4.78, 5) is 8.45. The van der Waals surface area contributed by atoms with E-state index in [1.165, 1.54) is 101 Å². The lowest BCUT2D eigenvalue weighted by atomic mass is 9.92. The van der Waals surface area contributed by atoms with Crippen LogP contribution in [-0.2, 0) is 22.9 Å². The van der Waals surface area contributed by atoms with Crippen LogP contribution >= 0.6 is 0 Å². The van der Waals surface area contributed by atoms with Gasteiger partial charge in [-0.1, -0.05) is 44.6 Å². The summed E-state index contributed by atoms with van der Waals surface area (Å²) in [6, 6.07) is 8.21. The fourth-order valence-electron chi connectivity index (χ4n) is 8.00. The van der Waals surface area contributed by atoms with Crippen LogP contribution in [0.15, 0.2) is 23.1 Å². The van der Waals surface area contributed by atoms with Crippen LogP contribution in [0.4, 0.5) is 0 Å². The van der Waals surface area contributed by atoms with Gasteiger partial charge in [-0.3, -0.25) is 4.90 Å². The zero-order valence-electron chi connectivity index (χ0n) is 25.5. The first-order chi connectivity index (χ1) is 19.4. The molecule has 2 aliphatic carbocycles. The van der Waals surface area contributed by atoms with Crippen molar-refractivity contribution < 1.29 is 8.42 Å². The van der Waals surface area contributed by atoms with Crippen molar-refractivity contribution in [2.75, 3.05) is 53.4 Å². The molecule has 0 spiro atoms. The first kappa shape index (κ1) is 30.5. The van der Waals surface area contributed by atoms with E-state index in [9.17, 15) is 8.42 Å². The minimum absolute atomic E-state index is 0.476. The fourth-order valence-corrected chi connectivity index (χ4v) is 9.26. The summed E-state index contributed by atoms with van der Waals surface area (Å²) < 4.78 is 28.5. The second kappa shape index (κ2) is 14.5. The average molecular weight is 573 g/mol. The fraction of sp³-hybridized carbons (Fsp3) is 0.818. The Morgan fingerprint density at radius 2 is 1.38 bits per heavy atom. The maximum atomic E-state index is 13.4. The predicted molar refractivity (Wildman–Crippen MR) is 165 cm³/mol. The van der Waals surface area contributed by atoms with Crippen molar-refractivity contribution in [1.82, 2.24) is 19.0 Å². The zero-order chi connectivity index (χ0) is 28.0. The van der Waals surface area contributed by atoms with Gasteiger partial charge in [-0.2, -0.15) is 0 Å². The van der Waals surface area contributed by atoms with Gasteiger partial charge in [0.2, 0.25) is 10.0 Å². The van der Waals surface area contributed by atoms with E-state index < -0.39 is 10.0 Å². The molecular formula is C33H56N4O2S. The van der Waals surface area contributed by atoms with E-state index in [1.54, 1.807) is 11.4 Å². The molecule has 0 atom stereocenters. The molecule has 1 aromatic carbocycles. The second-order valence-electron chi connectivity index (χ2n) is 13.3. The number of hydrogen-bond donors (Lipinski definition) is 0. The van der Waals surface area contributed by atoms with E-state index in [4.69, 9.17) is 0 Å². The molecule has 4 aliphatic rings. The van der Waals surface area contributed by atoms with Crippen LogP contribution in [-0.4, -0.2) is 98.9 Å². The summed E-state index contributed by atoms with van der Waals surface area (Å²) in [5, 5.41) is 0. The van der Waals surface area contributed by atoms with Gasteiger partial charge in [0.15, 0.2) is 0 Å². The standard InChI is InChI=1S/C33H56N4O2S/c1-34(21-9-10-22-36-23-19-31(20-24-36)35(2)30-11-5-3-6-12-30)40(38,39)33-16-15-28-17-25-37(26-18-29(28)27-33)32-13-7-4-8-14-32/h15-16,27,30-32H,3-14,17-26H2,1-2H3. The topological polar surface area (TPSA) is 47.1 Å². The van der Waals surface area contributed by atoms with Crippen LogP contribution in [0.1, 0.15) is 101 Å². The summed E-state index contributed by atoms with van der Waals surface area (Å²) >= 11 is 0. The normalized spacial score (nSPS) is 23.5. The Morgan fingerprint density at radius 1 is 0.750 bits per heavy atom. The average Bonchev–Trinajstić information content (AvgIpc) is 3.22. The molecule has 0 aromatic heterocycles. The molecule has 40 heavy (non-hydrogen) atoms. The Morgan fingerprint density at radius 3 is 2.08 bits per heavy atom. The molecule has 0 radical (unpaired) electrons. The Hall–Kier alpha value is -0.990. The van der Waals surface area contributed by atoms with E-state index in [1.807, 2.05) is 12.1 Å². The molecule has 226 valence electrons. The molecule has 6 nitrogen and oxygen atoms in total. The highest BCUT2D eigenvalue weighted by atomic mass is 32.2. The first-order valence-electron chi connectivity index (χ1n) is 16.7. The second-order valence-corrected chi connectivity index (χ2v) is 15.4. The number of benzene rings is 1. The lowest BCUT2D eigenvalue weighted by Crippen LogP contribution is -2.47. The summed E-state index contributed by atoms with van der Waals surface area (Å²) in [6.45, 7) is 6.22. The SMILES string of the molecule is CN(C1CCCCC1)C1CCN(CCCCN(C)S(=O)(=O)c2ccc3c(c2)CCN(C2CCCCC2)CC3)CC1. The number of nitrogens with zero attached hydrogens (tertiary/aromatic N) is 4. The van der Waals surface area contributed by atoms with Gasteiger partial charge in [-0.25, -0.2) is 12.7 Å². The summed E-state index contributed by atoms with van der Waals surface area (Å²) in [5.74, 6) is 0. The molecule has 3 fully saturated rings. The van der Waals surface area contributed by atoms with Crippen molar-refractivity contribution in [2.45, 2.75) is 126 Å². The van der Waals surface area contributed by atoms with E-state index in [-0.39, 0.29) is 0 Å². The van der Waals surface area contributed by atoms with E-state index in [0.717, 1.165) is 63.4 Å². The van der Waals surface area contributed by atoms with Crippen molar-refractivity contribution in [3.63, 3.8) is 0 Å². The molecule has 7 heteroatoms. The van der Waals surface area contributed by atoms with Gasteiger partial charge in [0.1, 0.15) is 0 Å². The number of rotatable bonds is 10. The predicted octanol–water partition coefficient (Wildman–Crippen LogP) is 5.55. The molecule has 0 unspecified atom stereocenters. The quantitative estimate of drug-likeness (QED) is 0.344. The maximum Gasteiger partial charge on any atom is 0.242 e. The van der Waals surface area contributed by atoms with Crippen LogP contribution in [0, 0.1) is 0 Å². The highest BCUT2D eigenvalue weighted by molar-refractivity contribution is 7.89. The number of likely N-dealkylation sites (tertiary alicyclic amines) is 1. The van der Waals surface area contributed by atoms with Gasteiger partial charge in [-0.15, -0.1) is 0 Å². The van der Waals surface area contributed by atoms with Gasteiger partial charge in [-0.05, 0) is 114 Å². The highest BCUT2D eigenvalue weighted by Crippen LogP contribution is 2.28. The van der Waals surface area contributed by atoms with Gasteiger partial charge < -0.3 is 9.80 Å². The number of unbranched alkanes of at least 4 members (excludes halogenated alkanes) is 1. The van der Waals surface area contributed by atoms with Gasteiger partial charge in [0.05, 0.1) is 4.90 Å². The van der Waals surface area contributed by atoms with Crippen molar-refractivity contribution in [3.8, 4) is 0 Å². The van der Waals surface area contributed by atoms with Crippen LogP contribution in [0.25, 0.3) is 0 Å². The summed E-state index contributed by atoms with van der Waals surface area (Å²) in [7, 11) is 0.676. The molecule has 2 aliphatic heterocycles. The van der Waals surface area contributed by atoms with E-state index in [0.29, 0.717) is 11.4 Å². The number of piperidine rings is 1. The molecule has 1 saturated heterocycles. The Bertz CT molecular complexity index is 1030. The van der Waals surface area contributed by atoms with Gasteiger partial charge in [0, 0.05) is 44.8 Å². The molecule has 0 N–H and O–H groups in total. The molecule has 0 amide bonds. The summed E-state index contributed by atoms with van der Waals surface area (Å²) in [6.07, 6.45) is 20.3. The first-order valence-corrected chi connectivity index (χ1v) is 18.1. The molecular weight excluding hydrogens is 516 g/mol. The molecule has 2 heterocycles. The molecule has 2 saturated carbocycles. The number of sulfonamides is 1. The third-order valence-corrected chi connectivity index (χ3v) is 12.6. The van der Waals surface area contributed by atoms with Crippen molar-refractivity contribution in [2.24, 2.45) is 0 Å². The van der Waals surface area contributed by atoms with Crippen LogP contribution in [0.2, 0.25) is 0 Å². The Kier molecular flexibility index (Phi) is 11.0. The van der Waals surface area contributed by atoms with Crippen LogP contribution in [0.5, 0.6) is 0 Å². The maximum absolute atomic E-state index is 13.4. The minimum Gasteiger partial charge on any atom is -0.303 e. The molecule has 5 rings (SSSR count).